The molecule has 0 aromatic heterocycles. The van der Waals surface area contributed by atoms with Gasteiger partial charge in [0.1, 0.15) is 11.5 Å². The number of aliphatic hydroxyl groups is 1. The normalized spacial score (nSPS) is 15.6. The Morgan fingerprint density at radius 1 is 1.05 bits per heavy atom. The molecule has 0 bridgehead atoms. The molecule has 0 saturated heterocycles. The van der Waals surface area contributed by atoms with Gasteiger partial charge in [-0.25, -0.2) is 0 Å². The number of benzene rings is 1. The quantitative estimate of drug-likeness (QED) is 0.571. The van der Waals surface area contributed by atoms with Crippen molar-refractivity contribution in [1.29, 1.82) is 0 Å². The number of carbonyl (C=O) groups excluding carboxylic acids is 2. The highest BCUT2D eigenvalue weighted by Crippen LogP contribution is 2.35. The van der Waals surface area contributed by atoms with Crippen molar-refractivity contribution in [3.63, 3.8) is 0 Å². The predicted molar refractivity (Wildman–Crippen MR) is 76.7 cm³/mol. The highest BCUT2D eigenvalue weighted by atomic mass is 16.3. The minimum atomic E-state index is -1.04. The average Bonchev–Trinajstić information content (AvgIpc) is 2.45. The molecular formula is C16H18O5. The summed E-state index contributed by atoms with van der Waals surface area (Å²) >= 11 is 0. The van der Waals surface area contributed by atoms with E-state index in [2.05, 4.69) is 0 Å². The molecule has 1 aliphatic rings. The van der Waals surface area contributed by atoms with Gasteiger partial charge in [-0.15, -0.1) is 0 Å². The van der Waals surface area contributed by atoms with Crippen molar-refractivity contribution in [3.05, 3.63) is 34.9 Å². The van der Waals surface area contributed by atoms with Crippen LogP contribution in [0.1, 0.15) is 53.3 Å². The maximum absolute atomic E-state index is 12.4. The van der Waals surface area contributed by atoms with Crippen molar-refractivity contribution in [1.82, 2.24) is 0 Å². The summed E-state index contributed by atoms with van der Waals surface area (Å²) in [6.45, 7) is 2.03. The lowest BCUT2D eigenvalue weighted by molar-refractivity contribution is 0.0936. The number of phenols is 2. The van der Waals surface area contributed by atoms with Gasteiger partial charge in [0.15, 0.2) is 11.6 Å². The second-order valence-electron chi connectivity index (χ2n) is 5.16. The topological polar surface area (TPSA) is 94.8 Å². The molecule has 1 aromatic carbocycles. The predicted octanol–water partition coefficient (Wildman–Crippen LogP) is 2.34. The lowest BCUT2D eigenvalue weighted by atomic mass is 9.85. The number of unbranched alkanes of at least 4 members (excludes halogenated alkanes) is 2. The molecule has 1 aromatic rings. The molecule has 3 N–H and O–H groups in total. The zero-order valence-corrected chi connectivity index (χ0v) is 11.8. The molecule has 0 radical (unpaired) electrons. The molecule has 0 aliphatic heterocycles. The zero-order valence-electron chi connectivity index (χ0n) is 11.8. The Labute approximate surface area is 122 Å². The smallest absolute Gasteiger partial charge is 0.196 e. The molecule has 21 heavy (non-hydrogen) atoms. The van der Waals surface area contributed by atoms with Crippen molar-refractivity contribution in [2.75, 3.05) is 0 Å². The van der Waals surface area contributed by atoms with E-state index in [9.17, 15) is 24.9 Å². The van der Waals surface area contributed by atoms with Crippen molar-refractivity contribution in [2.45, 2.75) is 38.7 Å². The summed E-state index contributed by atoms with van der Waals surface area (Å²) in [5.74, 6) is -1.91. The van der Waals surface area contributed by atoms with Gasteiger partial charge in [-0.2, -0.15) is 0 Å². The number of allylic oxidation sites excluding steroid dienone is 1. The van der Waals surface area contributed by atoms with Crippen LogP contribution in [0, 0.1) is 0 Å². The van der Waals surface area contributed by atoms with E-state index in [0.29, 0.717) is 6.42 Å². The summed E-state index contributed by atoms with van der Waals surface area (Å²) < 4.78 is 0. The monoisotopic (exact) mass is 290 g/mol. The van der Waals surface area contributed by atoms with E-state index in [-0.39, 0.29) is 28.2 Å². The summed E-state index contributed by atoms with van der Waals surface area (Å²) in [6.07, 6.45) is 3.05. The summed E-state index contributed by atoms with van der Waals surface area (Å²) in [5, 5.41) is 29.6. The molecule has 0 heterocycles. The van der Waals surface area contributed by atoms with Crippen LogP contribution >= 0.6 is 0 Å². The molecule has 5 nitrogen and oxygen atoms in total. The Hall–Kier alpha value is -2.14. The Morgan fingerprint density at radius 3 is 2.29 bits per heavy atom. The van der Waals surface area contributed by atoms with Gasteiger partial charge in [0.05, 0.1) is 17.2 Å². The number of aliphatic hydroxyl groups excluding tert-OH is 1. The molecule has 0 amide bonds. The Morgan fingerprint density at radius 2 is 1.67 bits per heavy atom. The molecule has 1 unspecified atom stereocenters. The number of carbonyl (C=O) groups is 2. The summed E-state index contributed by atoms with van der Waals surface area (Å²) in [6, 6.07) is 2.32. The third kappa shape index (κ3) is 2.83. The van der Waals surface area contributed by atoms with Gasteiger partial charge >= 0.3 is 0 Å². The van der Waals surface area contributed by atoms with Gasteiger partial charge in [-0.05, 0) is 24.6 Å². The standard InChI is InChI=1S/C16H18O5/c1-2-3-4-5-10(17)9-8-13(20)14-11(18)6-7-12(19)15(14)16(9)21/h6-8,10,17-19H,2-5H2,1H3. The summed E-state index contributed by atoms with van der Waals surface area (Å²) in [5.41, 5.74) is -0.457. The van der Waals surface area contributed by atoms with E-state index in [0.717, 1.165) is 37.5 Å². The molecule has 2 rings (SSSR count). The third-order valence-electron chi connectivity index (χ3n) is 3.62. The first-order valence-corrected chi connectivity index (χ1v) is 7.01. The van der Waals surface area contributed by atoms with Crippen LogP contribution in [0.5, 0.6) is 11.5 Å². The van der Waals surface area contributed by atoms with Crippen LogP contribution in [0.2, 0.25) is 0 Å². The van der Waals surface area contributed by atoms with E-state index in [1.165, 1.54) is 0 Å². The first-order valence-electron chi connectivity index (χ1n) is 7.01. The Bertz CT molecular complexity index is 615. The molecule has 1 aliphatic carbocycles. The SMILES string of the molecule is CCCCCC(O)C1=CC(=O)c2c(O)ccc(O)c2C1=O. The van der Waals surface area contributed by atoms with Crippen LogP contribution in [0.4, 0.5) is 0 Å². The summed E-state index contributed by atoms with van der Waals surface area (Å²) in [7, 11) is 0. The van der Waals surface area contributed by atoms with Gasteiger partial charge in [-0.3, -0.25) is 9.59 Å². The fraction of sp³-hybridized carbons (Fsp3) is 0.375. The van der Waals surface area contributed by atoms with E-state index in [1.807, 2.05) is 6.92 Å². The van der Waals surface area contributed by atoms with Crippen LogP contribution in [0.15, 0.2) is 23.8 Å². The lowest BCUT2D eigenvalue weighted by Crippen LogP contribution is -2.25. The Balaban J connectivity index is 2.35. The highest BCUT2D eigenvalue weighted by Gasteiger charge is 2.33. The number of hydrogen-bond donors (Lipinski definition) is 3. The third-order valence-corrected chi connectivity index (χ3v) is 3.62. The fourth-order valence-corrected chi connectivity index (χ4v) is 2.47. The molecule has 0 saturated carbocycles. The van der Waals surface area contributed by atoms with Gasteiger partial charge in [0.25, 0.3) is 0 Å². The molecule has 1 atom stereocenters. The van der Waals surface area contributed by atoms with Gasteiger partial charge in [0, 0.05) is 5.57 Å². The van der Waals surface area contributed by atoms with Crippen LogP contribution in [-0.4, -0.2) is 33.0 Å². The Kier molecular flexibility index (Phi) is 4.43. The van der Waals surface area contributed by atoms with Crippen molar-refractivity contribution in [2.24, 2.45) is 0 Å². The second-order valence-corrected chi connectivity index (χ2v) is 5.16. The average molecular weight is 290 g/mol. The van der Waals surface area contributed by atoms with Crippen molar-refractivity contribution >= 4 is 11.6 Å². The highest BCUT2D eigenvalue weighted by molar-refractivity contribution is 6.26. The lowest BCUT2D eigenvalue weighted by Gasteiger charge is -2.20. The molecule has 112 valence electrons. The maximum Gasteiger partial charge on any atom is 0.196 e. The molecule has 0 spiro atoms. The van der Waals surface area contributed by atoms with Crippen LogP contribution in [0.3, 0.4) is 0 Å². The van der Waals surface area contributed by atoms with E-state index in [4.69, 9.17) is 0 Å². The zero-order chi connectivity index (χ0) is 15.6. The number of phenolic OH excluding ortho intramolecular Hbond substituents is 2. The van der Waals surface area contributed by atoms with Crippen molar-refractivity contribution < 1.29 is 24.9 Å². The minimum Gasteiger partial charge on any atom is -0.507 e. The molecule has 5 heteroatoms. The summed E-state index contributed by atoms with van der Waals surface area (Å²) in [4.78, 5) is 24.4. The number of Topliss-reactive ketones (excluding diaryl/α,β-unsaturated/α-hetero) is 1. The van der Waals surface area contributed by atoms with Crippen LogP contribution in [-0.2, 0) is 0 Å². The van der Waals surface area contributed by atoms with Crippen molar-refractivity contribution in [3.8, 4) is 11.5 Å². The number of rotatable bonds is 5. The minimum absolute atomic E-state index is 0.0236. The van der Waals surface area contributed by atoms with Gasteiger partial charge in [0.2, 0.25) is 0 Å². The fourth-order valence-electron chi connectivity index (χ4n) is 2.47. The number of fused-ring (bicyclic) bond motifs is 1. The largest absolute Gasteiger partial charge is 0.507 e. The van der Waals surface area contributed by atoms with E-state index < -0.39 is 17.7 Å². The number of aromatic hydroxyl groups is 2. The van der Waals surface area contributed by atoms with E-state index >= 15 is 0 Å². The van der Waals surface area contributed by atoms with Gasteiger partial charge in [-0.1, -0.05) is 26.2 Å². The van der Waals surface area contributed by atoms with E-state index in [1.54, 1.807) is 0 Å². The number of ketones is 2. The maximum atomic E-state index is 12.4. The van der Waals surface area contributed by atoms with Crippen LogP contribution < -0.4 is 0 Å². The first-order chi connectivity index (χ1) is 9.97. The van der Waals surface area contributed by atoms with Gasteiger partial charge < -0.3 is 15.3 Å². The molecule has 0 fully saturated rings. The number of hydrogen-bond acceptors (Lipinski definition) is 5. The first kappa shape index (κ1) is 15.3. The van der Waals surface area contributed by atoms with Crippen LogP contribution in [0.25, 0.3) is 0 Å². The second kappa shape index (κ2) is 6.10. The molecular weight excluding hydrogens is 272 g/mol.